The average molecular weight is 425 g/mol. The van der Waals surface area contributed by atoms with Crippen molar-refractivity contribution < 1.29 is 38.6 Å². The maximum Gasteiger partial charge on any atom is 0.342 e. The summed E-state index contributed by atoms with van der Waals surface area (Å²) in [5.74, 6) is -1.35. The number of carboxylic acid groups (broad SMARTS) is 1. The number of aromatic carboxylic acids is 1. The van der Waals surface area contributed by atoms with Gasteiger partial charge in [-0.2, -0.15) is 0 Å². The minimum Gasteiger partial charge on any atom is -0.490 e. The summed E-state index contributed by atoms with van der Waals surface area (Å²) in [6.45, 7) is 3.31. The first-order chi connectivity index (χ1) is 14.4. The number of nitro groups is 1. The fraction of sp³-hybridized carbons (Fsp3) is 0.600. The second-order valence-electron chi connectivity index (χ2n) is 6.80. The van der Waals surface area contributed by atoms with Crippen molar-refractivity contribution >= 4 is 17.6 Å². The van der Waals surface area contributed by atoms with E-state index in [-0.39, 0.29) is 30.2 Å². The molecule has 0 radical (unpaired) electrons. The van der Waals surface area contributed by atoms with E-state index in [1.54, 1.807) is 6.92 Å². The van der Waals surface area contributed by atoms with Gasteiger partial charge in [0, 0.05) is 18.9 Å². The molecule has 0 amide bonds. The Morgan fingerprint density at radius 1 is 1.23 bits per heavy atom. The number of benzene rings is 1. The maximum absolute atomic E-state index is 11.4. The molecule has 10 heteroatoms. The summed E-state index contributed by atoms with van der Waals surface area (Å²) in [6.07, 6.45) is 3.76. The quantitative estimate of drug-likeness (QED) is 0.218. The van der Waals surface area contributed by atoms with Crippen molar-refractivity contribution in [2.24, 2.45) is 0 Å². The molecule has 0 aliphatic carbocycles. The van der Waals surface area contributed by atoms with Crippen LogP contribution in [-0.2, 0) is 14.3 Å². The van der Waals surface area contributed by atoms with Crippen molar-refractivity contribution in [1.82, 2.24) is 0 Å². The van der Waals surface area contributed by atoms with Gasteiger partial charge in [-0.1, -0.05) is 12.8 Å². The molecule has 1 atom stereocenters. The molecule has 1 aromatic rings. The fourth-order valence-corrected chi connectivity index (χ4v) is 3.00. The van der Waals surface area contributed by atoms with Gasteiger partial charge in [0.05, 0.1) is 37.4 Å². The van der Waals surface area contributed by atoms with Gasteiger partial charge in [0.1, 0.15) is 11.7 Å². The predicted molar refractivity (Wildman–Crippen MR) is 105 cm³/mol. The molecule has 0 aromatic heterocycles. The highest BCUT2D eigenvalue weighted by Crippen LogP contribution is 2.36. The monoisotopic (exact) mass is 425 g/mol. The summed E-state index contributed by atoms with van der Waals surface area (Å²) < 4.78 is 21.6. The summed E-state index contributed by atoms with van der Waals surface area (Å²) in [6, 6.07) is 2.23. The van der Waals surface area contributed by atoms with Gasteiger partial charge in [-0.15, -0.1) is 0 Å². The molecule has 1 saturated heterocycles. The van der Waals surface area contributed by atoms with E-state index in [2.05, 4.69) is 0 Å². The van der Waals surface area contributed by atoms with Crippen LogP contribution in [0.4, 0.5) is 5.69 Å². The van der Waals surface area contributed by atoms with Gasteiger partial charge in [-0.05, 0) is 19.8 Å². The van der Waals surface area contributed by atoms with E-state index in [0.717, 1.165) is 31.4 Å². The van der Waals surface area contributed by atoms with Crippen molar-refractivity contribution in [1.29, 1.82) is 0 Å². The maximum atomic E-state index is 11.4. The predicted octanol–water partition coefficient (Wildman–Crippen LogP) is 3.35. The molecular weight excluding hydrogens is 398 g/mol. The Morgan fingerprint density at radius 3 is 2.63 bits per heavy atom. The van der Waals surface area contributed by atoms with Gasteiger partial charge in [0.25, 0.3) is 5.69 Å². The van der Waals surface area contributed by atoms with E-state index in [4.69, 9.17) is 18.9 Å². The lowest BCUT2D eigenvalue weighted by Crippen LogP contribution is -2.17. The number of unbranched alkanes of at least 4 members (excludes halogenated alkanes) is 3. The lowest BCUT2D eigenvalue weighted by atomic mass is 10.1. The molecule has 1 aliphatic heterocycles. The second-order valence-corrected chi connectivity index (χ2v) is 6.80. The van der Waals surface area contributed by atoms with E-state index in [1.807, 2.05) is 0 Å². The van der Waals surface area contributed by atoms with Crippen molar-refractivity contribution in [3.63, 3.8) is 0 Å². The molecule has 1 fully saturated rings. The first-order valence-corrected chi connectivity index (χ1v) is 10.0. The molecule has 30 heavy (non-hydrogen) atoms. The summed E-state index contributed by atoms with van der Waals surface area (Å²) in [7, 11) is 0. The number of carbonyl (C=O) groups is 2. The molecule has 0 saturated carbocycles. The van der Waals surface area contributed by atoms with Crippen molar-refractivity contribution in [3.05, 3.63) is 27.8 Å². The minimum absolute atomic E-state index is 0.129. The topological polar surface area (TPSA) is 134 Å². The fourth-order valence-electron chi connectivity index (χ4n) is 3.00. The second kappa shape index (κ2) is 12.0. The third kappa shape index (κ3) is 7.18. The number of nitrogens with zero attached hydrogens (tertiary/aromatic N) is 1. The Kier molecular flexibility index (Phi) is 9.33. The molecule has 1 heterocycles. The lowest BCUT2D eigenvalue weighted by molar-refractivity contribution is -0.385. The summed E-state index contributed by atoms with van der Waals surface area (Å²) in [5.41, 5.74) is -1.01. The number of carboxylic acids is 1. The Bertz CT molecular complexity index is 744. The van der Waals surface area contributed by atoms with Gasteiger partial charge in [-0.25, -0.2) is 4.79 Å². The Labute approximate surface area is 174 Å². The van der Waals surface area contributed by atoms with Crippen LogP contribution in [0.3, 0.4) is 0 Å². The van der Waals surface area contributed by atoms with Crippen molar-refractivity contribution in [2.75, 3.05) is 26.4 Å². The summed E-state index contributed by atoms with van der Waals surface area (Å²) >= 11 is 0. The highest BCUT2D eigenvalue weighted by molar-refractivity contribution is 5.93. The minimum atomic E-state index is -1.42. The number of hydrogen-bond acceptors (Lipinski definition) is 8. The van der Waals surface area contributed by atoms with Crippen molar-refractivity contribution in [3.8, 4) is 11.5 Å². The molecule has 10 nitrogen and oxygen atoms in total. The Balaban J connectivity index is 1.96. The molecule has 1 aromatic carbocycles. The molecular formula is C20H27NO9. The summed E-state index contributed by atoms with van der Waals surface area (Å²) in [4.78, 5) is 33.2. The SMILES string of the molecule is CCOC(=O)CCCCCCOc1cc(C(=O)O)c([N+](=O)[O-])cc1O[C@@H]1CCOC1. The Morgan fingerprint density at radius 2 is 2.00 bits per heavy atom. The van der Waals surface area contributed by atoms with Crippen LogP contribution in [0, 0.1) is 10.1 Å². The molecule has 166 valence electrons. The molecule has 0 bridgehead atoms. The van der Waals surface area contributed by atoms with Crippen molar-refractivity contribution in [2.45, 2.75) is 51.6 Å². The third-order valence-electron chi connectivity index (χ3n) is 4.51. The molecule has 2 rings (SSSR count). The molecule has 0 spiro atoms. The van der Waals surface area contributed by atoms with Crippen LogP contribution in [0.15, 0.2) is 12.1 Å². The Hall–Kier alpha value is -2.88. The van der Waals surface area contributed by atoms with Gasteiger partial charge in [-0.3, -0.25) is 14.9 Å². The van der Waals surface area contributed by atoms with Gasteiger partial charge in [0.2, 0.25) is 0 Å². The number of nitro benzene ring substituents is 1. The van der Waals surface area contributed by atoms with Crippen LogP contribution in [0.1, 0.15) is 55.8 Å². The number of hydrogen-bond donors (Lipinski definition) is 1. The zero-order valence-corrected chi connectivity index (χ0v) is 17.0. The normalized spacial score (nSPS) is 15.6. The number of ether oxygens (including phenoxy) is 4. The largest absolute Gasteiger partial charge is 0.490 e. The lowest BCUT2D eigenvalue weighted by Gasteiger charge is -2.17. The average Bonchev–Trinajstić information content (AvgIpc) is 3.20. The van der Waals surface area contributed by atoms with E-state index in [0.29, 0.717) is 39.1 Å². The highest BCUT2D eigenvalue weighted by Gasteiger charge is 2.27. The summed E-state index contributed by atoms with van der Waals surface area (Å²) in [5, 5.41) is 20.6. The van der Waals surface area contributed by atoms with Crippen LogP contribution in [0.25, 0.3) is 0 Å². The number of rotatable bonds is 13. The first kappa shape index (κ1) is 23.4. The zero-order valence-electron chi connectivity index (χ0n) is 17.0. The third-order valence-corrected chi connectivity index (χ3v) is 4.51. The standard InChI is InChI=1S/C20H27NO9/c1-2-28-19(22)7-5-3-4-6-9-29-17-11-15(20(23)24)16(21(25)26)12-18(17)30-14-8-10-27-13-14/h11-12,14H,2-10,13H2,1H3,(H,23,24)/t14-/m1/s1. The number of carbonyl (C=O) groups excluding carboxylic acids is 1. The van der Waals surface area contributed by atoms with Gasteiger partial charge < -0.3 is 24.1 Å². The smallest absolute Gasteiger partial charge is 0.342 e. The van der Waals surface area contributed by atoms with E-state index >= 15 is 0 Å². The highest BCUT2D eigenvalue weighted by atomic mass is 16.6. The van der Waals surface area contributed by atoms with Crippen LogP contribution in [0.2, 0.25) is 0 Å². The molecule has 1 aliphatic rings. The molecule has 0 unspecified atom stereocenters. The zero-order chi connectivity index (χ0) is 21.9. The van der Waals surface area contributed by atoms with Crippen LogP contribution in [0.5, 0.6) is 11.5 Å². The van der Waals surface area contributed by atoms with Gasteiger partial charge >= 0.3 is 11.9 Å². The van der Waals surface area contributed by atoms with E-state index < -0.39 is 22.1 Å². The first-order valence-electron chi connectivity index (χ1n) is 10.0. The van der Waals surface area contributed by atoms with E-state index in [1.165, 1.54) is 0 Å². The van der Waals surface area contributed by atoms with Gasteiger partial charge in [0.15, 0.2) is 11.5 Å². The van der Waals surface area contributed by atoms with Crippen LogP contribution < -0.4 is 9.47 Å². The van der Waals surface area contributed by atoms with E-state index in [9.17, 15) is 24.8 Å². The van der Waals surface area contributed by atoms with Crippen LogP contribution >= 0.6 is 0 Å². The van der Waals surface area contributed by atoms with Crippen LogP contribution in [-0.4, -0.2) is 54.5 Å². The number of esters is 1. The molecule has 1 N–H and O–H groups in total.